The number of benzene rings is 1. The lowest BCUT2D eigenvalue weighted by Crippen LogP contribution is -2.42. The molecule has 3 aromatic rings. The Kier molecular flexibility index (Phi) is 10.1. The van der Waals surface area contributed by atoms with E-state index in [1.165, 1.54) is 40.9 Å². The Labute approximate surface area is 285 Å². The van der Waals surface area contributed by atoms with E-state index in [2.05, 4.69) is 10.2 Å². The summed E-state index contributed by atoms with van der Waals surface area (Å²) in [6.07, 6.45) is 2.12. The van der Waals surface area contributed by atoms with Gasteiger partial charge in [-0.25, -0.2) is 14.6 Å². The maximum atomic E-state index is 13.4. The van der Waals surface area contributed by atoms with Crippen molar-refractivity contribution in [3.05, 3.63) is 55.3 Å². The Hall–Kier alpha value is -2.83. The quantitative estimate of drug-likeness (QED) is 0.194. The molecule has 0 bridgehead atoms. The fraction of sp³-hybridized carbons (Fsp3) is 0.419. The predicted octanol–water partition coefficient (Wildman–Crippen LogP) is 8.50. The van der Waals surface area contributed by atoms with Gasteiger partial charge in [-0.05, 0) is 65.3 Å². The number of anilines is 2. The predicted molar refractivity (Wildman–Crippen MR) is 182 cm³/mol. The van der Waals surface area contributed by atoms with Gasteiger partial charge in [0, 0.05) is 47.6 Å². The van der Waals surface area contributed by atoms with E-state index in [9.17, 15) is 14.4 Å². The van der Waals surface area contributed by atoms with Gasteiger partial charge in [0.05, 0.1) is 32.6 Å². The second-order valence-electron chi connectivity index (χ2n) is 11.9. The summed E-state index contributed by atoms with van der Waals surface area (Å²) in [5.41, 5.74) is 1.11. The number of thiophene rings is 1. The van der Waals surface area contributed by atoms with Crippen LogP contribution in [-0.2, 0) is 14.3 Å². The number of thiazole rings is 1. The molecule has 45 heavy (non-hydrogen) atoms. The number of likely N-dealkylation sites (tertiary alicyclic amines) is 1. The van der Waals surface area contributed by atoms with Gasteiger partial charge in [0.15, 0.2) is 5.13 Å². The summed E-state index contributed by atoms with van der Waals surface area (Å²) in [6.45, 7) is 11.2. The molecule has 0 spiro atoms. The molecule has 2 saturated heterocycles. The van der Waals surface area contributed by atoms with Crippen LogP contribution in [0.2, 0.25) is 15.1 Å². The molecule has 9 nitrogen and oxygen atoms in total. The molecule has 14 heteroatoms. The van der Waals surface area contributed by atoms with Crippen LogP contribution in [0.3, 0.4) is 0 Å². The molecular formula is C31H33Cl3N4O5S2. The van der Waals surface area contributed by atoms with Crippen LogP contribution in [0.25, 0.3) is 16.6 Å². The first-order chi connectivity index (χ1) is 21.2. The molecule has 2 aromatic heterocycles. The number of carbonyl (C=O) groups excluding carboxylic acids is 3. The smallest absolute Gasteiger partial charge is 0.410 e. The summed E-state index contributed by atoms with van der Waals surface area (Å²) in [7, 11) is 0. The number of hydrogen-bond acceptors (Lipinski definition) is 9. The summed E-state index contributed by atoms with van der Waals surface area (Å²) >= 11 is 22.1. The minimum absolute atomic E-state index is 0.0177. The van der Waals surface area contributed by atoms with E-state index >= 15 is 0 Å². The van der Waals surface area contributed by atoms with Crippen LogP contribution < -0.4 is 10.2 Å². The van der Waals surface area contributed by atoms with Crippen molar-refractivity contribution in [2.45, 2.75) is 52.7 Å². The maximum absolute atomic E-state index is 13.4. The van der Waals surface area contributed by atoms with E-state index < -0.39 is 17.5 Å². The molecule has 240 valence electrons. The fourth-order valence-electron chi connectivity index (χ4n) is 5.40. The monoisotopic (exact) mass is 710 g/mol. The molecule has 2 aliphatic rings. The van der Waals surface area contributed by atoms with Gasteiger partial charge < -0.3 is 19.3 Å². The van der Waals surface area contributed by atoms with Gasteiger partial charge >= 0.3 is 12.1 Å². The summed E-state index contributed by atoms with van der Waals surface area (Å²) in [6, 6.07) is 4.86. The number of rotatable bonds is 7. The van der Waals surface area contributed by atoms with Crippen LogP contribution in [0.15, 0.2) is 29.2 Å². The van der Waals surface area contributed by atoms with Crippen molar-refractivity contribution in [1.82, 2.24) is 9.88 Å². The Bertz CT molecular complexity index is 1640. The number of fused-ring (bicyclic) bond motifs is 1. The molecule has 1 N–H and O–H groups in total. The van der Waals surface area contributed by atoms with Crippen molar-refractivity contribution in [2.24, 2.45) is 5.92 Å². The Balaban J connectivity index is 1.38. The molecule has 2 aliphatic heterocycles. The van der Waals surface area contributed by atoms with Gasteiger partial charge in [-0.3, -0.25) is 10.1 Å². The molecule has 2 amide bonds. The summed E-state index contributed by atoms with van der Waals surface area (Å²) in [5.74, 6) is -0.628. The minimum Gasteiger partial charge on any atom is -0.463 e. The highest BCUT2D eigenvalue weighted by Crippen LogP contribution is 2.45. The molecular weight excluding hydrogens is 679 g/mol. The zero-order chi connectivity index (χ0) is 32.6. The lowest BCUT2D eigenvalue weighted by Gasteiger charge is -2.28. The molecule has 0 radical (unpaired) electrons. The zero-order valence-electron chi connectivity index (χ0n) is 25.4. The highest BCUT2D eigenvalue weighted by atomic mass is 35.5. The van der Waals surface area contributed by atoms with Crippen LogP contribution in [0.5, 0.6) is 0 Å². The molecule has 0 saturated carbocycles. The van der Waals surface area contributed by atoms with E-state index in [0.29, 0.717) is 46.0 Å². The number of aromatic nitrogens is 1. The van der Waals surface area contributed by atoms with E-state index in [-0.39, 0.29) is 34.4 Å². The Morgan fingerprint density at radius 3 is 2.47 bits per heavy atom. The van der Waals surface area contributed by atoms with E-state index in [0.717, 1.165) is 22.8 Å². The maximum Gasteiger partial charge on any atom is 0.410 e. The number of nitrogens with one attached hydrogen (secondary N) is 1. The van der Waals surface area contributed by atoms with Crippen molar-refractivity contribution in [1.29, 1.82) is 0 Å². The number of carbonyl (C=O) groups is 3. The standard InChI is InChI=1S/C31H33Cl3N4O5S2/c1-6-42-28(40)16(2)9-20-21(33)10-18(11-22(20)34)26(39)36-29-35-25(24-12-19(32)15-44-24)27(45-29)37-13-17-7-8-38(23(17)14-37)30(41)43-31(3,4)5/h9-12,15,17,23H,6-8,13-14H2,1-5H3,(H,35,36,39)/b16-9+/t17-,23+/m1/s1. The minimum atomic E-state index is -0.573. The molecule has 0 aliphatic carbocycles. The summed E-state index contributed by atoms with van der Waals surface area (Å²) < 4.78 is 10.7. The van der Waals surface area contributed by atoms with Crippen LogP contribution >= 0.6 is 57.5 Å². The van der Waals surface area contributed by atoms with Gasteiger partial charge in [0.1, 0.15) is 16.3 Å². The Morgan fingerprint density at radius 2 is 1.84 bits per heavy atom. The van der Waals surface area contributed by atoms with Crippen LogP contribution in [0.1, 0.15) is 57.0 Å². The lowest BCUT2D eigenvalue weighted by atomic mass is 10.1. The molecule has 5 rings (SSSR count). The highest BCUT2D eigenvalue weighted by molar-refractivity contribution is 7.21. The van der Waals surface area contributed by atoms with Gasteiger partial charge in [0.25, 0.3) is 5.91 Å². The largest absolute Gasteiger partial charge is 0.463 e. The highest BCUT2D eigenvalue weighted by Gasteiger charge is 2.45. The molecule has 0 unspecified atom stereocenters. The number of halogens is 3. The second kappa shape index (κ2) is 13.5. The zero-order valence-corrected chi connectivity index (χ0v) is 29.3. The van der Waals surface area contributed by atoms with Crippen molar-refractivity contribution >= 4 is 91.7 Å². The number of esters is 1. The third kappa shape index (κ3) is 7.60. The third-order valence-corrected chi connectivity index (χ3v) is 10.3. The molecule has 1 aromatic carbocycles. The van der Waals surface area contributed by atoms with Crippen LogP contribution in [0.4, 0.5) is 14.9 Å². The molecule has 2 fully saturated rings. The average Bonchev–Trinajstić information content (AvgIpc) is 3.73. The number of amides is 2. The lowest BCUT2D eigenvalue weighted by molar-refractivity contribution is -0.138. The first-order valence-electron chi connectivity index (χ1n) is 14.4. The van der Waals surface area contributed by atoms with Crippen molar-refractivity contribution in [3.63, 3.8) is 0 Å². The van der Waals surface area contributed by atoms with Crippen molar-refractivity contribution < 1.29 is 23.9 Å². The average molecular weight is 712 g/mol. The number of ether oxygens (including phenoxy) is 2. The van der Waals surface area contributed by atoms with Gasteiger partial charge in [-0.15, -0.1) is 11.3 Å². The molecule has 2 atom stereocenters. The van der Waals surface area contributed by atoms with Crippen LogP contribution in [0, 0.1) is 5.92 Å². The normalized spacial score (nSPS) is 18.3. The first kappa shape index (κ1) is 33.5. The molecule has 4 heterocycles. The van der Waals surface area contributed by atoms with Gasteiger partial charge in [0.2, 0.25) is 0 Å². The third-order valence-electron chi connectivity index (χ3n) is 7.39. The van der Waals surface area contributed by atoms with Gasteiger partial charge in [-0.1, -0.05) is 46.1 Å². The SMILES string of the molecule is CCOC(=O)/C(C)=C/c1c(Cl)cc(C(=O)Nc2nc(-c3cc(Cl)cs3)c(N3C[C@H]4CCN(C(=O)OC(C)(C)C)[C@H]4C3)s2)cc1Cl. The van der Waals surface area contributed by atoms with E-state index in [4.69, 9.17) is 49.3 Å². The van der Waals surface area contributed by atoms with E-state index in [1.54, 1.807) is 13.8 Å². The van der Waals surface area contributed by atoms with Crippen molar-refractivity contribution in [2.75, 3.05) is 36.5 Å². The topological polar surface area (TPSA) is 101 Å². The summed E-state index contributed by atoms with van der Waals surface area (Å²) in [4.78, 5) is 48.1. The Morgan fingerprint density at radius 1 is 1.13 bits per heavy atom. The number of hydrogen-bond donors (Lipinski definition) is 1. The van der Waals surface area contributed by atoms with Crippen LogP contribution in [-0.4, -0.2) is 65.7 Å². The van der Waals surface area contributed by atoms with Gasteiger partial charge in [-0.2, -0.15) is 0 Å². The van der Waals surface area contributed by atoms with E-state index in [1.807, 2.05) is 37.1 Å². The first-order valence-corrected chi connectivity index (χ1v) is 17.2. The fourth-order valence-corrected chi connectivity index (χ4v) is 8.11. The second-order valence-corrected chi connectivity index (χ2v) is 15.0. The summed E-state index contributed by atoms with van der Waals surface area (Å²) in [5, 5.41) is 7.03. The number of nitrogens with zero attached hydrogens (tertiary/aromatic N) is 3. The van der Waals surface area contributed by atoms with Crippen molar-refractivity contribution in [3.8, 4) is 10.6 Å².